The smallest absolute Gasteiger partial charge is 0.309 e. The molecule has 2 N–H and O–H groups in total. The highest BCUT2D eigenvalue weighted by Crippen LogP contribution is 2.26. The highest BCUT2D eigenvalue weighted by molar-refractivity contribution is 6.30. The number of aliphatic carboxylic acids is 2. The van der Waals surface area contributed by atoms with Gasteiger partial charge >= 0.3 is 11.9 Å². The van der Waals surface area contributed by atoms with Crippen LogP contribution in [0.4, 0.5) is 0 Å². The van der Waals surface area contributed by atoms with Gasteiger partial charge in [0.15, 0.2) is 0 Å². The number of carboxylic acids is 2. The first-order chi connectivity index (χ1) is 9.90. The van der Waals surface area contributed by atoms with Crippen LogP contribution in [-0.4, -0.2) is 46.0 Å². The van der Waals surface area contributed by atoms with E-state index < -0.39 is 23.8 Å². The number of rotatable bonds is 3. The first kappa shape index (κ1) is 15.3. The van der Waals surface area contributed by atoms with E-state index in [4.69, 9.17) is 21.8 Å². The molecule has 1 aromatic rings. The predicted molar refractivity (Wildman–Crippen MR) is 74.2 cm³/mol. The van der Waals surface area contributed by atoms with E-state index in [9.17, 15) is 14.4 Å². The van der Waals surface area contributed by atoms with Crippen LogP contribution in [0, 0.1) is 11.8 Å². The van der Waals surface area contributed by atoms with Crippen molar-refractivity contribution in [2.75, 3.05) is 13.1 Å². The Kier molecular flexibility index (Phi) is 4.47. The van der Waals surface area contributed by atoms with Gasteiger partial charge in [-0.3, -0.25) is 14.4 Å². The summed E-state index contributed by atoms with van der Waals surface area (Å²) in [5, 5.41) is 18.6. The van der Waals surface area contributed by atoms with Gasteiger partial charge in [0.2, 0.25) is 0 Å². The molecule has 21 heavy (non-hydrogen) atoms. The van der Waals surface area contributed by atoms with Crippen LogP contribution >= 0.6 is 11.6 Å². The number of nitrogens with zero attached hydrogens (tertiary/aromatic N) is 1. The molecule has 0 aromatic heterocycles. The van der Waals surface area contributed by atoms with E-state index in [1.807, 2.05) is 0 Å². The minimum absolute atomic E-state index is 0.113. The molecule has 0 spiro atoms. The zero-order chi connectivity index (χ0) is 15.6. The number of carboxylic acid groups (broad SMARTS) is 2. The predicted octanol–water partition coefficient (Wildman–Crippen LogP) is 1.59. The number of hydrogen-bond donors (Lipinski definition) is 2. The molecule has 1 heterocycles. The molecule has 0 aliphatic carbocycles. The molecule has 0 radical (unpaired) electrons. The number of carbonyl (C=O) groups is 3. The summed E-state index contributed by atoms with van der Waals surface area (Å²) in [6, 6.07) is 6.36. The van der Waals surface area contributed by atoms with E-state index in [2.05, 4.69) is 0 Å². The van der Waals surface area contributed by atoms with Gasteiger partial charge in [0.05, 0.1) is 11.8 Å². The largest absolute Gasteiger partial charge is 0.481 e. The average Bonchev–Trinajstić information content (AvgIpc) is 2.45. The fraction of sp³-hybridized carbons (Fsp3) is 0.357. The molecule has 1 aromatic carbocycles. The standard InChI is InChI=1S/C14H14ClNO5/c15-9-3-1-2-8(6-9)12(17)16-5-4-10(13(18)19)11(7-16)14(20)21/h1-3,6,10-11H,4-5,7H2,(H,18,19)(H,20,21). The molecule has 2 rings (SSSR count). The summed E-state index contributed by atoms with van der Waals surface area (Å²) in [5.41, 5.74) is 0.361. The fourth-order valence-corrected chi connectivity index (χ4v) is 2.68. The van der Waals surface area contributed by atoms with Crippen molar-refractivity contribution >= 4 is 29.4 Å². The molecule has 0 saturated carbocycles. The van der Waals surface area contributed by atoms with Crippen LogP contribution in [0.3, 0.4) is 0 Å². The summed E-state index contributed by atoms with van der Waals surface area (Å²) in [7, 11) is 0. The van der Waals surface area contributed by atoms with Gasteiger partial charge in [-0.25, -0.2) is 0 Å². The van der Waals surface area contributed by atoms with Gasteiger partial charge in [-0.2, -0.15) is 0 Å². The van der Waals surface area contributed by atoms with E-state index in [0.717, 1.165) is 0 Å². The van der Waals surface area contributed by atoms with Crippen LogP contribution in [-0.2, 0) is 9.59 Å². The molecule has 2 atom stereocenters. The van der Waals surface area contributed by atoms with Crippen LogP contribution in [0.2, 0.25) is 5.02 Å². The second-order valence-electron chi connectivity index (χ2n) is 4.94. The van der Waals surface area contributed by atoms with Crippen molar-refractivity contribution in [1.29, 1.82) is 0 Å². The zero-order valence-electron chi connectivity index (χ0n) is 11.0. The topological polar surface area (TPSA) is 94.9 Å². The number of benzene rings is 1. The van der Waals surface area contributed by atoms with Crippen molar-refractivity contribution in [1.82, 2.24) is 4.90 Å². The summed E-state index contributed by atoms with van der Waals surface area (Å²) in [4.78, 5) is 36.0. The number of likely N-dealkylation sites (tertiary alicyclic amines) is 1. The van der Waals surface area contributed by atoms with E-state index in [0.29, 0.717) is 10.6 Å². The van der Waals surface area contributed by atoms with Gasteiger partial charge in [-0.1, -0.05) is 17.7 Å². The lowest BCUT2D eigenvalue weighted by Crippen LogP contribution is -2.48. The molecule has 112 valence electrons. The first-order valence-corrected chi connectivity index (χ1v) is 6.78. The number of amides is 1. The highest BCUT2D eigenvalue weighted by atomic mass is 35.5. The third-order valence-electron chi connectivity index (χ3n) is 3.61. The SMILES string of the molecule is O=C(O)C1CCN(C(=O)c2cccc(Cl)c2)CC1C(=O)O. The van der Waals surface area contributed by atoms with Crippen molar-refractivity contribution in [3.8, 4) is 0 Å². The van der Waals surface area contributed by atoms with Gasteiger partial charge in [-0.15, -0.1) is 0 Å². The van der Waals surface area contributed by atoms with Crippen LogP contribution in [0.25, 0.3) is 0 Å². The van der Waals surface area contributed by atoms with Crippen LogP contribution in [0.15, 0.2) is 24.3 Å². The van der Waals surface area contributed by atoms with E-state index in [-0.39, 0.29) is 25.4 Å². The van der Waals surface area contributed by atoms with Crippen molar-refractivity contribution in [3.05, 3.63) is 34.9 Å². The maximum atomic E-state index is 12.3. The quantitative estimate of drug-likeness (QED) is 0.884. The molecule has 2 unspecified atom stereocenters. The summed E-state index contributed by atoms with van der Waals surface area (Å²) >= 11 is 5.83. The van der Waals surface area contributed by atoms with E-state index in [1.54, 1.807) is 18.2 Å². The van der Waals surface area contributed by atoms with Crippen molar-refractivity contribution in [3.63, 3.8) is 0 Å². The maximum absolute atomic E-state index is 12.3. The summed E-state index contributed by atoms with van der Waals surface area (Å²) in [6.45, 7) is 0.101. The Morgan fingerprint density at radius 2 is 1.81 bits per heavy atom. The summed E-state index contributed by atoms with van der Waals surface area (Å²) in [6.07, 6.45) is 0.124. The Labute approximate surface area is 125 Å². The van der Waals surface area contributed by atoms with Gasteiger partial charge in [0.1, 0.15) is 0 Å². The second-order valence-corrected chi connectivity index (χ2v) is 5.38. The highest BCUT2D eigenvalue weighted by Gasteiger charge is 2.40. The van der Waals surface area contributed by atoms with Crippen molar-refractivity contribution in [2.24, 2.45) is 11.8 Å². The normalized spacial score (nSPS) is 21.9. The Hall–Kier alpha value is -2.08. The Morgan fingerprint density at radius 3 is 2.38 bits per heavy atom. The molecular formula is C14H14ClNO5. The fourth-order valence-electron chi connectivity index (χ4n) is 2.49. The Balaban J connectivity index is 2.17. The molecular weight excluding hydrogens is 298 g/mol. The van der Waals surface area contributed by atoms with Crippen molar-refractivity contribution in [2.45, 2.75) is 6.42 Å². The molecule has 7 heteroatoms. The maximum Gasteiger partial charge on any atom is 0.309 e. The third kappa shape index (κ3) is 3.33. The van der Waals surface area contributed by atoms with Gasteiger partial charge in [0.25, 0.3) is 5.91 Å². The molecule has 0 bridgehead atoms. The van der Waals surface area contributed by atoms with Gasteiger partial charge in [-0.05, 0) is 24.6 Å². The van der Waals surface area contributed by atoms with Crippen LogP contribution < -0.4 is 0 Å². The monoisotopic (exact) mass is 311 g/mol. The summed E-state index contributed by atoms with van der Waals surface area (Å²) < 4.78 is 0. The average molecular weight is 312 g/mol. The Morgan fingerprint density at radius 1 is 1.14 bits per heavy atom. The van der Waals surface area contributed by atoms with Gasteiger partial charge in [0, 0.05) is 23.7 Å². The van der Waals surface area contributed by atoms with E-state index in [1.165, 1.54) is 11.0 Å². The molecule has 1 amide bonds. The Bertz CT molecular complexity index is 588. The third-order valence-corrected chi connectivity index (χ3v) is 3.84. The number of halogens is 1. The molecule has 1 saturated heterocycles. The van der Waals surface area contributed by atoms with Crippen molar-refractivity contribution < 1.29 is 24.6 Å². The van der Waals surface area contributed by atoms with Gasteiger partial charge < -0.3 is 15.1 Å². The molecule has 1 fully saturated rings. The van der Waals surface area contributed by atoms with Crippen LogP contribution in [0.5, 0.6) is 0 Å². The summed E-state index contributed by atoms with van der Waals surface area (Å²) in [5.74, 6) is -4.75. The minimum Gasteiger partial charge on any atom is -0.481 e. The molecule has 1 aliphatic rings. The second kappa shape index (κ2) is 6.13. The lowest BCUT2D eigenvalue weighted by molar-refractivity contribution is -0.156. The minimum atomic E-state index is -1.20. The number of hydrogen-bond acceptors (Lipinski definition) is 3. The van der Waals surface area contributed by atoms with Crippen LogP contribution in [0.1, 0.15) is 16.8 Å². The first-order valence-electron chi connectivity index (χ1n) is 6.40. The molecule has 1 aliphatic heterocycles. The number of carbonyl (C=O) groups excluding carboxylic acids is 1. The molecule has 6 nitrogen and oxygen atoms in total. The zero-order valence-corrected chi connectivity index (χ0v) is 11.8. The van der Waals surface area contributed by atoms with E-state index >= 15 is 0 Å². The number of piperidine rings is 1. The lowest BCUT2D eigenvalue weighted by atomic mass is 9.85. The lowest BCUT2D eigenvalue weighted by Gasteiger charge is -2.34.